The zero-order chi connectivity index (χ0) is 11.7. The minimum absolute atomic E-state index is 0.0745. The molecular formula is C11H10O5. The van der Waals surface area contributed by atoms with Crippen molar-refractivity contribution in [1.29, 1.82) is 0 Å². The Labute approximate surface area is 91.6 Å². The molecule has 0 bridgehead atoms. The van der Waals surface area contributed by atoms with Gasteiger partial charge in [-0.25, -0.2) is 9.59 Å². The Hall–Kier alpha value is -2.04. The fourth-order valence-electron chi connectivity index (χ4n) is 1.66. The molecule has 0 fully saturated rings. The minimum Gasteiger partial charge on any atom is -0.508 e. The lowest BCUT2D eigenvalue weighted by Crippen LogP contribution is -2.18. The molecule has 84 valence electrons. The van der Waals surface area contributed by atoms with Gasteiger partial charge in [0, 0.05) is 12.0 Å². The van der Waals surface area contributed by atoms with Crippen molar-refractivity contribution in [2.45, 2.75) is 6.42 Å². The van der Waals surface area contributed by atoms with E-state index in [0.717, 1.165) is 0 Å². The number of aromatic hydroxyl groups is 1. The average Bonchev–Trinajstić information content (AvgIpc) is 2.29. The lowest BCUT2D eigenvalue weighted by molar-refractivity contribution is 0.0478. The van der Waals surface area contributed by atoms with Crippen molar-refractivity contribution in [3.05, 3.63) is 28.8 Å². The van der Waals surface area contributed by atoms with Gasteiger partial charge in [0.05, 0.1) is 24.8 Å². The second kappa shape index (κ2) is 3.84. The van der Waals surface area contributed by atoms with E-state index in [1.54, 1.807) is 0 Å². The van der Waals surface area contributed by atoms with Crippen LogP contribution in [-0.2, 0) is 15.9 Å². The fourth-order valence-corrected chi connectivity index (χ4v) is 1.66. The maximum atomic E-state index is 11.4. The van der Waals surface area contributed by atoms with E-state index in [-0.39, 0.29) is 23.5 Å². The molecule has 1 aliphatic rings. The van der Waals surface area contributed by atoms with Crippen LogP contribution in [0.1, 0.15) is 26.3 Å². The van der Waals surface area contributed by atoms with Gasteiger partial charge in [-0.05, 0) is 12.1 Å². The molecule has 1 aromatic carbocycles. The molecule has 0 radical (unpaired) electrons. The molecule has 1 N–H and O–H groups in total. The Bertz CT molecular complexity index is 464. The molecular weight excluding hydrogens is 212 g/mol. The van der Waals surface area contributed by atoms with Crippen LogP contribution in [0.3, 0.4) is 0 Å². The van der Waals surface area contributed by atoms with Gasteiger partial charge in [0.2, 0.25) is 0 Å². The topological polar surface area (TPSA) is 72.8 Å². The van der Waals surface area contributed by atoms with Crippen LogP contribution >= 0.6 is 0 Å². The first-order valence-corrected chi connectivity index (χ1v) is 4.75. The number of phenolic OH excluding ortho intramolecular Hbond substituents is 1. The highest BCUT2D eigenvalue weighted by atomic mass is 16.5. The zero-order valence-electron chi connectivity index (χ0n) is 8.65. The predicted octanol–water partition coefficient (Wildman–Crippen LogP) is 0.892. The summed E-state index contributed by atoms with van der Waals surface area (Å²) in [5, 5.41) is 9.68. The molecule has 0 saturated carbocycles. The molecule has 0 atom stereocenters. The lowest BCUT2D eigenvalue weighted by atomic mass is 9.98. The number of carbonyl (C=O) groups is 2. The number of methoxy groups -OCH3 is 1. The van der Waals surface area contributed by atoms with Crippen LogP contribution in [0.25, 0.3) is 0 Å². The van der Waals surface area contributed by atoms with Crippen molar-refractivity contribution in [1.82, 2.24) is 0 Å². The summed E-state index contributed by atoms with van der Waals surface area (Å²) >= 11 is 0. The first-order chi connectivity index (χ1) is 7.63. The van der Waals surface area contributed by atoms with Crippen molar-refractivity contribution >= 4 is 11.9 Å². The van der Waals surface area contributed by atoms with Crippen molar-refractivity contribution in [3.8, 4) is 5.75 Å². The smallest absolute Gasteiger partial charge is 0.338 e. The molecule has 2 rings (SSSR count). The quantitative estimate of drug-likeness (QED) is 0.714. The third kappa shape index (κ3) is 1.60. The maximum absolute atomic E-state index is 11.4. The molecule has 1 heterocycles. The number of fused-ring (bicyclic) bond motifs is 1. The van der Waals surface area contributed by atoms with Crippen LogP contribution < -0.4 is 0 Å². The second-order valence-corrected chi connectivity index (χ2v) is 3.40. The molecule has 5 heteroatoms. The number of phenols is 1. The van der Waals surface area contributed by atoms with E-state index in [0.29, 0.717) is 12.0 Å². The van der Waals surface area contributed by atoms with Crippen LogP contribution in [0, 0.1) is 0 Å². The lowest BCUT2D eigenvalue weighted by Gasteiger charge is -2.17. The average molecular weight is 222 g/mol. The van der Waals surface area contributed by atoms with Crippen molar-refractivity contribution in [2.24, 2.45) is 0 Å². The molecule has 0 aromatic heterocycles. The molecule has 0 saturated heterocycles. The summed E-state index contributed by atoms with van der Waals surface area (Å²) in [6, 6.07) is 2.67. The van der Waals surface area contributed by atoms with E-state index in [2.05, 4.69) is 4.74 Å². The van der Waals surface area contributed by atoms with E-state index in [4.69, 9.17) is 4.74 Å². The summed E-state index contributed by atoms with van der Waals surface area (Å²) in [5.41, 5.74) is 0.883. The third-order valence-electron chi connectivity index (χ3n) is 2.45. The number of hydrogen-bond donors (Lipinski definition) is 1. The Kier molecular flexibility index (Phi) is 2.52. The number of benzene rings is 1. The maximum Gasteiger partial charge on any atom is 0.338 e. The second-order valence-electron chi connectivity index (χ2n) is 3.40. The first-order valence-electron chi connectivity index (χ1n) is 4.75. The summed E-state index contributed by atoms with van der Waals surface area (Å²) in [6.07, 6.45) is 0.453. The largest absolute Gasteiger partial charge is 0.508 e. The van der Waals surface area contributed by atoms with Crippen LogP contribution in [-0.4, -0.2) is 30.8 Å². The van der Waals surface area contributed by atoms with Crippen LogP contribution in [0.5, 0.6) is 5.75 Å². The molecule has 0 unspecified atom stereocenters. The Morgan fingerprint density at radius 3 is 2.94 bits per heavy atom. The Morgan fingerprint density at radius 2 is 2.25 bits per heavy atom. The number of esters is 2. The SMILES string of the molecule is COC(=O)c1cc(O)c2c(c1)C(=O)OCC2. The molecule has 0 spiro atoms. The van der Waals surface area contributed by atoms with Gasteiger partial charge in [-0.1, -0.05) is 0 Å². The van der Waals surface area contributed by atoms with Gasteiger partial charge < -0.3 is 14.6 Å². The highest BCUT2D eigenvalue weighted by molar-refractivity contribution is 5.98. The summed E-state index contributed by atoms with van der Waals surface area (Å²) in [7, 11) is 1.23. The van der Waals surface area contributed by atoms with Gasteiger partial charge in [0.15, 0.2) is 0 Å². The molecule has 1 aliphatic heterocycles. The standard InChI is InChI=1S/C11H10O5/c1-15-10(13)6-4-8-7(9(12)5-6)2-3-16-11(8)14/h4-5,12H,2-3H2,1H3. The number of ether oxygens (including phenoxy) is 2. The van der Waals surface area contributed by atoms with Gasteiger partial charge in [0.1, 0.15) is 5.75 Å². The molecule has 5 nitrogen and oxygen atoms in total. The van der Waals surface area contributed by atoms with E-state index in [1.807, 2.05) is 0 Å². The number of carbonyl (C=O) groups excluding carboxylic acids is 2. The first kappa shape index (κ1) is 10.5. The summed E-state index contributed by atoms with van der Waals surface area (Å²) in [5.74, 6) is -1.20. The molecule has 0 aliphatic carbocycles. The van der Waals surface area contributed by atoms with Gasteiger partial charge in [-0.2, -0.15) is 0 Å². The number of hydrogen-bond acceptors (Lipinski definition) is 5. The van der Waals surface area contributed by atoms with Crippen molar-refractivity contribution < 1.29 is 24.2 Å². The summed E-state index contributed by atoms with van der Waals surface area (Å²) in [4.78, 5) is 22.7. The highest BCUT2D eigenvalue weighted by Gasteiger charge is 2.24. The highest BCUT2D eigenvalue weighted by Crippen LogP contribution is 2.28. The Balaban J connectivity index is 2.55. The fraction of sp³-hybridized carbons (Fsp3) is 0.273. The van der Waals surface area contributed by atoms with Gasteiger partial charge in [-0.15, -0.1) is 0 Å². The summed E-state index contributed by atoms with van der Waals surface area (Å²) < 4.78 is 9.34. The van der Waals surface area contributed by atoms with E-state index in [9.17, 15) is 14.7 Å². The van der Waals surface area contributed by atoms with E-state index < -0.39 is 11.9 Å². The predicted molar refractivity (Wildman–Crippen MR) is 53.4 cm³/mol. The molecule has 0 amide bonds. The van der Waals surface area contributed by atoms with Gasteiger partial charge >= 0.3 is 11.9 Å². The van der Waals surface area contributed by atoms with Gasteiger partial charge in [-0.3, -0.25) is 0 Å². The number of cyclic esters (lactones) is 1. The van der Waals surface area contributed by atoms with Crippen molar-refractivity contribution in [3.63, 3.8) is 0 Å². The monoisotopic (exact) mass is 222 g/mol. The van der Waals surface area contributed by atoms with Crippen LogP contribution in [0.15, 0.2) is 12.1 Å². The molecule has 1 aromatic rings. The summed E-state index contributed by atoms with van der Waals surface area (Å²) in [6.45, 7) is 0.247. The van der Waals surface area contributed by atoms with E-state index >= 15 is 0 Å². The van der Waals surface area contributed by atoms with E-state index in [1.165, 1.54) is 19.2 Å². The number of rotatable bonds is 1. The van der Waals surface area contributed by atoms with Crippen LogP contribution in [0.4, 0.5) is 0 Å². The van der Waals surface area contributed by atoms with Crippen molar-refractivity contribution in [2.75, 3.05) is 13.7 Å². The Morgan fingerprint density at radius 1 is 1.50 bits per heavy atom. The zero-order valence-corrected chi connectivity index (χ0v) is 8.65. The third-order valence-corrected chi connectivity index (χ3v) is 2.45. The van der Waals surface area contributed by atoms with Crippen LogP contribution in [0.2, 0.25) is 0 Å². The van der Waals surface area contributed by atoms with Gasteiger partial charge in [0.25, 0.3) is 0 Å². The minimum atomic E-state index is -0.600. The molecule has 16 heavy (non-hydrogen) atoms. The normalized spacial score (nSPS) is 13.9.